The first kappa shape index (κ1) is 27.1. The first-order chi connectivity index (χ1) is 19.6. The van der Waals surface area contributed by atoms with Crippen molar-refractivity contribution < 1.29 is 19.0 Å². The number of nitrogens with one attached hydrogen (secondary N) is 1. The molecule has 7 heteroatoms. The van der Waals surface area contributed by atoms with E-state index < -0.39 is 5.82 Å². The number of benzene rings is 3. The van der Waals surface area contributed by atoms with Gasteiger partial charge in [0.2, 0.25) is 0 Å². The Morgan fingerprint density at radius 1 is 0.875 bits per heavy atom. The summed E-state index contributed by atoms with van der Waals surface area (Å²) in [6, 6.07) is 20.1. The second kappa shape index (κ2) is 12.6. The molecule has 3 aromatic carbocycles. The number of hydrogen-bond donors (Lipinski definition) is 2. The Morgan fingerprint density at radius 3 is 2.33 bits per heavy atom. The van der Waals surface area contributed by atoms with E-state index in [2.05, 4.69) is 22.3 Å². The molecule has 1 saturated carbocycles. The summed E-state index contributed by atoms with van der Waals surface area (Å²) in [5.41, 5.74) is 3.19. The quantitative estimate of drug-likeness (QED) is 0.188. The Hall–Kier alpha value is -3.13. The molecule has 1 aliphatic heterocycles. The molecule has 0 unspecified atom stereocenters. The molecule has 0 spiro atoms. The van der Waals surface area contributed by atoms with Crippen LogP contribution in [0.3, 0.4) is 0 Å². The van der Waals surface area contributed by atoms with Crippen molar-refractivity contribution in [2.45, 2.75) is 51.0 Å². The van der Waals surface area contributed by atoms with Gasteiger partial charge in [0.15, 0.2) is 11.6 Å². The molecule has 0 bridgehead atoms. The van der Waals surface area contributed by atoms with E-state index in [0.29, 0.717) is 30.5 Å². The predicted molar refractivity (Wildman–Crippen MR) is 160 cm³/mol. The molecule has 0 radical (unpaired) electrons. The largest absolute Gasteiger partial charge is 0.505 e. The zero-order valence-corrected chi connectivity index (χ0v) is 23.6. The predicted octanol–water partition coefficient (Wildman–Crippen LogP) is 7.35. The van der Waals surface area contributed by atoms with Crippen molar-refractivity contribution in [2.24, 2.45) is 0 Å². The van der Waals surface area contributed by atoms with Crippen molar-refractivity contribution in [1.29, 1.82) is 0 Å². The van der Waals surface area contributed by atoms with Crippen molar-refractivity contribution >= 4 is 21.4 Å². The van der Waals surface area contributed by atoms with Gasteiger partial charge < -0.3 is 14.6 Å². The number of halogens is 1. The molecule has 1 aliphatic carbocycles. The van der Waals surface area contributed by atoms with E-state index in [0.717, 1.165) is 58.1 Å². The average Bonchev–Trinajstić information content (AvgIpc) is 3.75. The molecule has 1 saturated heterocycles. The van der Waals surface area contributed by atoms with Crippen LogP contribution in [0.5, 0.6) is 17.2 Å². The minimum atomic E-state index is -0.560. The second-order valence-electron chi connectivity index (χ2n) is 10.9. The third-order valence-electron chi connectivity index (χ3n) is 8.14. The molecule has 5 nitrogen and oxygen atoms in total. The molecule has 6 rings (SSSR count). The summed E-state index contributed by atoms with van der Waals surface area (Å²) >= 11 is 1.39. The monoisotopic (exact) mass is 560 g/mol. The van der Waals surface area contributed by atoms with Gasteiger partial charge in [0.05, 0.1) is 4.70 Å². The lowest BCUT2D eigenvalue weighted by molar-refractivity contribution is 0.238. The lowest BCUT2D eigenvalue weighted by atomic mass is 9.98. The fourth-order valence-electron chi connectivity index (χ4n) is 5.86. The van der Waals surface area contributed by atoms with Gasteiger partial charge in [0.1, 0.15) is 24.8 Å². The Kier molecular flexibility index (Phi) is 8.51. The summed E-state index contributed by atoms with van der Waals surface area (Å²) in [7, 11) is 0. The van der Waals surface area contributed by atoms with Crippen molar-refractivity contribution in [2.75, 3.05) is 33.0 Å². The van der Waals surface area contributed by atoms with E-state index in [1.165, 1.54) is 55.9 Å². The molecule has 4 aromatic rings. The number of hydrogen-bond acceptors (Lipinski definition) is 6. The number of likely N-dealkylation sites (tertiary alicyclic amines) is 1. The number of phenolic OH excluding ortho intramolecular Hbond substituents is 1. The van der Waals surface area contributed by atoms with Crippen molar-refractivity contribution in [1.82, 2.24) is 10.2 Å². The van der Waals surface area contributed by atoms with Crippen LogP contribution in [0.25, 0.3) is 20.5 Å². The van der Waals surface area contributed by atoms with E-state index in [4.69, 9.17) is 9.47 Å². The van der Waals surface area contributed by atoms with Gasteiger partial charge in [-0.05, 0) is 116 Å². The van der Waals surface area contributed by atoms with Crippen LogP contribution in [0, 0.1) is 5.82 Å². The minimum absolute atomic E-state index is 0.318. The van der Waals surface area contributed by atoms with Crippen LogP contribution < -0.4 is 14.8 Å². The lowest BCUT2D eigenvalue weighted by Crippen LogP contribution is -2.29. The minimum Gasteiger partial charge on any atom is -0.505 e. The maximum atomic E-state index is 15.0. The van der Waals surface area contributed by atoms with Gasteiger partial charge in [-0.25, -0.2) is 4.39 Å². The number of thiophene rings is 1. The number of phenols is 1. The molecule has 2 heterocycles. The molecule has 210 valence electrons. The molecule has 2 fully saturated rings. The highest BCUT2D eigenvalue weighted by Gasteiger charge is 2.19. The van der Waals surface area contributed by atoms with Crippen molar-refractivity contribution in [3.8, 4) is 27.7 Å². The molecule has 1 aromatic heterocycles. The van der Waals surface area contributed by atoms with Crippen molar-refractivity contribution in [3.05, 3.63) is 77.6 Å². The van der Waals surface area contributed by atoms with Crippen LogP contribution in [0.2, 0.25) is 0 Å². The number of fused-ring (bicyclic) bond motifs is 1. The molecule has 0 atom stereocenters. The first-order valence-corrected chi connectivity index (χ1v) is 15.3. The molecular formula is C33H37FN2O3S. The van der Waals surface area contributed by atoms with Crippen LogP contribution in [0.4, 0.5) is 4.39 Å². The van der Waals surface area contributed by atoms with E-state index in [1.807, 2.05) is 42.5 Å². The lowest BCUT2D eigenvalue weighted by Gasteiger charge is -2.15. The molecule has 40 heavy (non-hydrogen) atoms. The summed E-state index contributed by atoms with van der Waals surface area (Å²) in [4.78, 5) is 3.44. The van der Waals surface area contributed by atoms with E-state index in [-0.39, 0.29) is 5.75 Å². The average molecular weight is 561 g/mol. The summed E-state index contributed by atoms with van der Waals surface area (Å²) in [6.45, 7) is 4.47. The van der Waals surface area contributed by atoms with Crippen LogP contribution >= 0.6 is 11.3 Å². The zero-order valence-electron chi connectivity index (χ0n) is 22.8. The van der Waals surface area contributed by atoms with Gasteiger partial charge in [-0.3, -0.25) is 10.2 Å². The van der Waals surface area contributed by atoms with Gasteiger partial charge in [-0.15, -0.1) is 11.3 Å². The molecule has 2 N–H and O–H groups in total. The number of ether oxygens (including phenoxy) is 2. The van der Waals surface area contributed by atoms with Gasteiger partial charge in [-0.1, -0.05) is 25.0 Å². The van der Waals surface area contributed by atoms with E-state index in [1.54, 1.807) is 0 Å². The number of rotatable bonds is 11. The molecule has 0 amide bonds. The number of aromatic hydroxyl groups is 1. The van der Waals surface area contributed by atoms with Crippen molar-refractivity contribution in [3.63, 3.8) is 0 Å². The highest BCUT2D eigenvalue weighted by Crippen LogP contribution is 2.43. The third-order valence-corrected chi connectivity index (χ3v) is 9.43. The Bertz CT molecular complexity index is 1410. The second-order valence-corrected chi connectivity index (χ2v) is 11.9. The maximum absolute atomic E-state index is 15.0. The standard InChI is InChI=1S/C33H37FN2O3S/c34-31-30(37)16-15-28-29(21-23-7-11-27(12-8-23)39-22-35-25-5-1-2-6-25)32(40-33(28)31)24-9-13-26(14-10-24)38-20-19-36-17-3-4-18-36/h7-16,25,35,37H,1-6,17-22H2. The summed E-state index contributed by atoms with van der Waals surface area (Å²) in [6.07, 6.45) is 8.25. The Balaban J connectivity index is 1.18. The van der Waals surface area contributed by atoms with Crippen LogP contribution in [0.15, 0.2) is 60.7 Å². The first-order valence-electron chi connectivity index (χ1n) is 14.5. The fourth-order valence-corrected chi connectivity index (χ4v) is 7.12. The van der Waals surface area contributed by atoms with Gasteiger partial charge in [0, 0.05) is 17.5 Å². The van der Waals surface area contributed by atoms with Gasteiger partial charge in [-0.2, -0.15) is 0 Å². The van der Waals surface area contributed by atoms with Gasteiger partial charge >= 0.3 is 0 Å². The molecule has 2 aliphatic rings. The summed E-state index contributed by atoms with van der Waals surface area (Å²) < 4.78 is 27.4. The van der Waals surface area contributed by atoms with Crippen LogP contribution in [-0.4, -0.2) is 49.0 Å². The topological polar surface area (TPSA) is 54.0 Å². The third kappa shape index (κ3) is 6.27. The Morgan fingerprint density at radius 2 is 1.57 bits per heavy atom. The van der Waals surface area contributed by atoms with Crippen LogP contribution in [0.1, 0.15) is 49.7 Å². The smallest absolute Gasteiger partial charge is 0.182 e. The highest BCUT2D eigenvalue weighted by atomic mass is 32.1. The Labute approximate surface area is 239 Å². The molecular weight excluding hydrogens is 523 g/mol. The maximum Gasteiger partial charge on any atom is 0.182 e. The summed E-state index contributed by atoms with van der Waals surface area (Å²) in [5, 5.41) is 14.4. The van der Waals surface area contributed by atoms with E-state index in [9.17, 15) is 9.50 Å². The van der Waals surface area contributed by atoms with Crippen LogP contribution in [-0.2, 0) is 6.42 Å². The van der Waals surface area contributed by atoms with E-state index >= 15 is 0 Å². The highest BCUT2D eigenvalue weighted by molar-refractivity contribution is 7.22. The number of nitrogens with zero attached hydrogens (tertiary/aromatic N) is 1. The summed E-state index contributed by atoms with van der Waals surface area (Å²) in [5.74, 6) is 0.796. The normalized spacial score (nSPS) is 16.2. The van der Waals surface area contributed by atoms with Gasteiger partial charge in [0.25, 0.3) is 0 Å². The fraction of sp³-hybridized carbons (Fsp3) is 0.394. The SMILES string of the molecule is Oc1ccc2c(Cc3ccc(OCNC4CCCC4)cc3)c(-c3ccc(OCCN4CCCC4)cc3)sc2c1F. The zero-order chi connectivity index (χ0) is 27.3.